The third kappa shape index (κ3) is 6.48. The molecule has 2 rings (SSSR count). The first kappa shape index (κ1) is 22.7. The van der Waals surface area contributed by atoms with Crippen molar-refractivity contribution in [2.75, 3.05) is 26.1 Å². The Kier molecular flexibility index (Phi) is 8.17. The van der Waals surface area contributed by atoms with Gasteiger partial charge in [-0.25, -0.2) is 4.79 Å². The number of ketones is 1. The van der Waals surface area contributed by atoms with E-state index in [1.165, 1.54) is 19.3 Å². The summed E-state index contributed by atoms with van der Waals surface area (Å²) in [6.07, 6.45) is 2.75. The van der Waals surface area contributed by atoms with Crippen molar-refractivity contribution >= 4 is 29.4 Å². The molecule has 0 aliphatic heterocycles. The van der Waals surface area contributed by atoms with Gasteiger partial charge in [-0.05, 0) is 48.5 Å². The van der Waals surface area contributed by atoms with Crippen LogP contribution in [0, 0.1) is 5.92 Å². The van der Waals surface area contributed by atoms with Crippen molar-refractivity contribution in [3.63, 3.8) is 0 Å². The molecule has 0 fully saturated rings. The molecule has 1 amide bonds. The maximum atomic E-state index is 12.2. The van der Waals surface area contributed by atoms with Crippen molar-refractivity contribution in [3.05, 3.63) is 59.7 Å². The summed E-state index contributed by atoms with van der Waals surface area (Å²) in [4.78, 5) is 35.9. The molecule has 158 valence electrons. The van der Waals surface area contributed by atoms with Crippen LogP contribution in [0.5, 0.6) is 11.5 Å². The summed E-state index contributed by atoms with van der Waals surface area (Å²) in [5.74, 6) is -0.0720. The third-order valence-electron chi connectivity index (χ3n) is 4.18. The lowest BCUT2D eigenvalue weighted by Gasteiger charge is -2.08. The van der Waals surface area contributed by atoms with E-state index in [9.17, 15) is 14.4 Å². The Morgan fingerprint density at radius 1 is 1.00 bits per heavy atom. The van der Waals surface area contributed by atoms with Crippen molar-refractivity contribution in [1.29, 1.82) is 0 Å². The van der Waals surface area contributed by atoms with Crippen LogP contribution in [0.25, 0.3) is 6.08 Å². The second-order valence-electron chi connectivity index (χ2n) is 6.69. The van der Waals surface area contributed by atoms with Gasteiger partial charge in [0.2, 0.25) is 5.91 Å². The molecule has 0 unspecified atom stereocenters. The normalized spacial score (nSPS) is 10.7. The van der Waals surface area contributed by atoms with Crippen molar-refractivity contribution < 1.29 is 28.6 Å². The van der Waals surface area contributed by atoms with Crippen LogP contribution in [0.4, 0.5) is 5.69 Å². The molecular formula is C23H25NO6. The number of anilines is 1. The van der Waals surface area contributed by atoms with Crippen LogP contribution in [-0.4, -0.2) is 38.5 Å². The number of ether oxygens (including phenoxy) is 3. The summed E-state index contributed by atoms with van der Waals surface area (Å²) in [7, 11) is 3.07. The first-order chi connectivity index (χ1) is 14.3. The van der Waals surface area contributed by atoms with E-state index in [0.29, 0.717) is 28.3 Å². The zero-order chi connectivity index (χ0) is 22.1. The lowest BCUT2D eigenvalue weighted by molar-refractivity contribution is -0.136. The molecule has 30 heavy (non-hydrogen) atoms. The number of rotatable bonds is 9. The lowest BCUT2D eigenvalue weighted by atomic mass is 10.1. The number of nitrogens with one attached hydrogen (secondary N) is 1. The fraction of sp³-hybridized carbons (Fsp3) is 0.261. The van der Waals surface area contributed by atoms with E-state index in [1.54, 1.807) is 63.4 Å². The maximum Gasteiger partial charge on any atom is 0.331 e. The van der Waals surface area contributed by atoms with E-state index in [2.05, 4.69) is 5.32 Å². The van der Waals surface area contributed by atoms with E-state index in [-0.39, 0.29) is 17.6 Å². The SMILES string of the molecule is COc1ccc(OC)c(/C=C/C(=O)OCC(=O)c2ccc(NC(=O)C(C)C)cc2)c1. The van der Waals surface area contributed by atoms with Gasteiger partial charge in [-0.15, -0.1) is 0 Å². The Morgan fingerprint density at radius 2 is 1.70 bits per heavy atom. The highest BCUT2D eigenvalue weighted by Crippen LogP contribution is 2.25. The molecular weight excluding hydrogens is 386 g/mol. The molecule has 0 saturated carbocycles. The average molecular weight is 411 g/mol. The molecule has 1 N–H and O–H groups in total. The monoisotopic (exact) mass is 411 g/mol. The molecule has 0 heterocycles. The van der Waals surface area contributed by atoms with Crippen LogP contribution < -0.4 is 14.8 Å². The zero-order valence-corrected chi connectivity index (χ0v) is 17.4. The van der Waals surface area contributed by atoms with Gasteiger partial charge in [0.1, 0.15) is 11.5 Å². The lowest BCUT2D eigenvalue weighted by Crippen LogP contribution is -2.18. The van der Waals surface area contributed by atoms with Gasteiger partial charge in [-0.2, -0.15) is 0 Å². The Hall–Kier alpha value is -3.61. The summed E-state index contributed by atoms with van der Waals surface area (Å²) in [5.41, 5.74) is 1.61. The summed E-state index contributed by atoms with van der Waals surface area (Å²) in [6.45, 7) is 3.19. The van der Waals surface area contributed by atoms with Gasteiger partial charge in [-0.1, -0.05) is 13.8 Å². The van der Waals surface area contributed by atoms with Gasteiger partial charge >= 0.3 is 5.97 Å². The Bertz CT molecular complexity index is 931. The first-order valence-electron chi connectivity index (χ1n) is 9.35. The fourth-order valence-corrected chi connectivity index (χ4v) is 2.42. The highest BCUT2D eigenvalue weighted by atomic mass is 16.5. The molecule has 0 bridgehead atoms. The number of hydrogen-bond acceptors (Lipinski definition) is 6. The summed E-state index contributed by atoms with van der Waals surface area (Å²) < 4.78 is 15.4. The average Bonchev–Trinajstić information content (AvgIpc) is 2.76. The standard InChI is InChI=1S/C23H25NO6/c1-15(2)23(27)24-18-8-5-16(6-9-18)20(25)14-30-22(26)12-7-17-13-19(28-3)10-11-21(17)29-4/h5-13,15H,14H2,1-4H3,(H,24,27)/b12-7+. The predicted octanol–water partition coefficient (Wildman–Crippen LogP) is 3.74. The van der Waals surface area contributed by atoms with Crippen molar-refractivity contribution in [2.24, 2.45) is 5.92 Å². The van der Waals surface area contributed by atoms with E-state index < -0.39 is 12.6 Å². The smallest absolute Gasteiger partial charge is 0.331 e. The summed E-state index contributed by atoms with van der Waals surface area (Å²) in [5, 5.41) is 2.74. The van der Waals surface area contributed by atoms with Gasteiger partial charge in [0.05, 0.1) is 14.2 Å². The molecule has 0 radical (unpaired) electrons. The molecule has 0 spiro atoms. The van der Waals surface area contributed by atoms with E-state index in [0.717, 1.165) is 0 Å². The van der Waals surface area contributed by atoms with E-state index in [1.807, 2.05) is 0 Å². The Balaban J connectivity index is 1.92. The molecule has 7 nitrogen and oxygen atoms in total. The maximum absolute atomic E-state index is 12.2. The van der Waals surface area contributed by atoms with Crippen molar-refractivity contribution in [2.45, 2.75) is 13.8 Å². The highest BCUT2D eigenvalue weighted by molar-refractivity contribution is 5.99. The number of methoxy groups -OCH3 is 2. The topological polar surface area (TPSA) is 90.9 Å². The minimum atomic E-state index is -0.658. The van der Waals surface area contributed by atoms with Gasteiger partial charge in [0, 0.05) is 28.8 Å². The summed E-state index contributed by atoms with van der Waals surface area (Å²) in [6, 6.07) is 11.6. The molecule has 0 atom stereocenters. The molecule has 0 aromatic heterocycles. The molecule has 0 saturated heterocycles. The quantitative estimate of drug-likeness (QED) is 0.384. The number of hydrogen-bond donors (Lipinski definition) is 1. The minimum absolute atomic E-state index is 0.109. The molecule has 0 aliphatic carbocycles. The second kappa shape index (κ2) is 10.8. The van der Waals surface area contributed by atoms with Crippen LogP contribution in [0.3, 0.4) is 0 Å². The summed E-state index contributed by atoms with van der Waals surface area (Å²) >= 11 is 0. The fourth-order valence-electron chi connectivity index (χ4n) is 2.42. The highest BCUT2D eigenvalue weighted by Gasteiger charge is 2.11. The molecule has 0 aliphatic rings. The number of esters is 1. The Morgan fingerprint density at radius 3 is 2.30 bits per heavy atom. The van der Waals surface area contributed by atoms with E-state index >= 15 is 0 Å². The van der Waals surface area contributed by atoms with Crippen LogP contribution in [-0.2, 0) is 14.3 Å². The zero-order valence-electron chi connectivity index (χ0n) is 17.4. The number of amides is 1. The van der Waals surface area contributed by atoms with Gasteiger partial charge in [0.25, 0.3) is 0 Å². The molecule has 2 aromatic carbocycles. The first-order valence-corrected chi connectivity index (χ1v) is 9.35. The number of carbonyl (C=O) groups excluding carboxylic acids is 3. The van der Waals surface area contributed by atoms with Crippen LogP contribution in [0.1, 0.15) is 29.8 Å². The van der Waals surface area contributed by atoms with Gasteiger partial charge in [-0.3, -0.25) is 9.59 Å². The van der Waals surface area contributed by atoms with Gasteiger partial charge < -0.3 is 19.5 Å². The largest absolute Gasteiger partial charge is 0.497 e. The molecule has 2 aromatic rings. The predicted molar refractivity (Wildman–Crippen MR) is 114 cm³/mol. The van der Waals surface area contributed by atoms with Crippen molar-refractivity contribution in [3.8, 4) is 11.5 Å². The molecule has 7 heteroatoms. The van der Waals surface area contributed by atoms with Crippen LogP contribution >= 0.6 is 0 Å². The second-order valence-corrected chi connectivity index (χ2v) is 6.69. The number of carbonyl (C=O) groups is 3. The van der Waals surface area contributed by atoms with Gasteiger partial charge in [0.15, 0.2) is 12.4 Å². The van der Waals surface area contributed by atoms with E-state index in [4.69, 9.17) is 14.2 Å². The van der Waals surface area contributed by atoms with Crippen LogP contribution in [0.15, 0.2) is 48.5 Å². The van der Waals surface area contributed by atoms with Crippen molar-refractivity contribution in [1.82, 2.24) is 0 Å². The number of Topliss-reactive ketones (excluding diaryl/α,β-unsaturated/α-hetero) is 1. The Labute approximate surface area is 175 Å². The van der Waals surface area contributed by atoms with Crippen LogP contribution in [0.2, 0.25) is 0 Å². The number of benzene rings is 2. The minimum Gasteiger partial charge on any atom is -0.497 e. The third-order valence-corrected chi connectivity index (χ3v) is 4.18.